The SMILES string of the molecule is C.C/C=C/C(=O)Nc1cc2c(C)c(C(C)=O)nnc2cc1OC(C)C.[HH]. The van der Waals surface area contributed by atoms with E-state index in [9.17, 15) is 9.59 Å². The van der Waals surface area contributed by atoms with Gasteiger partial charge in [-0.1, -0.05) is 13.5 Å². The van der Waals surface area contributed by atoms with Crippen molar-refractivity contribution in [3.63, 3.8) is 0 Å². The number of ketones is 1. The Labute approximate surface area is 149 Å². The fraction of sp³-hybridized carbons (Fsp3) is 0.368. The third-order valence-electron chi connectivity index (χ3n) is 3.39. The van der Waals surface area contributed by atoms with Crippen molar-refractivity contribution in [1.82, 2.24) is 10.2 Å². The van der Waals surface area contributed by atoms with Crippen molar-refractivity contribution in [2.24, 2.45) is 0 Å². The molecule has 1 heterocycles. The summed E-state index contributed by atoms with van der Waals surface area (Å²) in [6.45, 7) is 8.83. The number of amides is 1. The molecule has 1 amide bonds. The molecular formula is C19H27N3O3. The van der Waals surface area contributed by atoms with Gasteiger partial charge in [0, 0.05) is 19.8 Å². The number of carbonyl (C=O) groups excluding carboxylic acids is 2. The van der Waals surface area contributed by atoms with Crippen LogP contribution >= 0.6 is 0 Å². The van der Waals surface area contributed by atoms with Gasteiger partial charge < -0.3 is 10.1 Å². The summed E-state index contributed by atoms with van der Waals surface area (Å²) in [7, 11) is 0. The number of hydrogen-bond donors (Lipinski definition) is 1. The minimum atomic E-state index is -0.253. The van der Waals surface area contributed by atoms with Gasteiger partial charge in [-0.15, -0.1) is 10.2 Å². The van der Waals surface area contributed by atoms with Crippen LogP contribution in [0.5, 0.6) is 5.75 Å². The topological polar surface area (TPSA) is 81.2 Å². The summed E-state index contributed by atoms with van der Waals surface area (Å²) in [5, 5.41) is 11.7. The van der Waals surface area contributed by atoms with Gasteiger partial charge in [-0.3, -0.25) is 9.59 Å². The molecule has 0 radical (unpaired) electrons. The van der Waals surface area contributed by atoms with Gasteiger partial charge in [0.1, 0.15) is 11.4 Å². The number of rotatable bonds is 5. The molecule has 6 nitrogen and oxygen atoms in total. The first-order chi connectivity index (χ1) is 11.3. The van der Waals surface area contributed by atoms with Crippen LogP contribution in [0.2, 0.25) is 0 Å². The van der Waals surface area contributed by atoms with Crippen molar-refractivity contribution in [1.29, 1.82) is 0 Å². The summed E-state index contributed by atoms with van der Waals surface area (Å²) < 4.78 is 5.78. The molecule has 0 saturated heterocycles. The summed E-state index contributed by atoms with van der Waals surface area (Å²) in [6.07, 6.45) is 3.02. The highest BCUT2D eigenvalue weighted by molar-refractivity contribution is 6.03. The van der Waals surface area contributed by atoms with Crippen LogP contribution in [0.1, 0.15) is 52.6 Å². The first-order valence-corrected chi connectivity index (χ1v) is 7.75. The van der Waals surface area contributed by atoms with Gasteiger partial charge in [0.2, 0.25) is 5.91 Å². The lowest BCUT2D eigenvalue weighted by molar-refractivity contribution is -0.111. The maximum Gasteiger partial charge on any atom is 0.248 e. The molecule has 0 spiro atoms. The molecule has 6 heteroatoms. The lowest BCUT2D eigenvalue weighted by Gasteiger charge is -2.16. The van der Waals surface area contributed by atoms with Crippen molar-refractivity contribution < 1.29 is 15.8 Å². The van der Waals surface area contributed by atoms with E-state index < -0.39 is 0 Å². The first kappa shape index (κ1) is 20.3. The van der Waals surface area contributed by atoms with E-state index in [4.69, 9.17) is 4.74 Å². The molecule has 0 bridgehead atoms. The number of nitrogens with zero attached hydrogens (tertiary/aromatic N) is 2. The lowest BCUT2D eigenvalue weighted by atomic mass is 10.1. The van der Waals surface area contributed by atoms with Crippen molar-refractivity contribution in [3.05, 3.63) is 35.5 Å². The second-order valence-electron chi connectivity index (χ2n) is 5.75. The van der Waals surface area contributed by atoms with E-state index >= 15 is 0 Å². The highest BCUT2D eigenvalue weighted by atomic mass is 16.5. The third-order valence-corrected chi connectivity index (χ3v) is 3.39. The van der Waals surface area contributed by atoms with E-state index in [0.29, 0.717) is 22.6 Å². The van der Waals surface area contributed by atoms with Crippen LogP contribution < -0.4 is 10.1 Å². The molecule has 1 aromatic carbocycles. The molecule has 2 rings (SSSR count). The summed E-state index contributed by atoms with van der Waals surface area (Å²) in [5.74, 6) is 0.112. The van der Waals surface area contributed by atoms with Crippen molar-refractivity contribution in [3.8, 4) is 5.75 Å². The molecule has 0 saturated carbocycles. The Morgan fingerprint density at radius 1 is 1.28 bits per heavy atom. The molecule has 136 valence electrons. The van der Waals surface area contributed by atoms with Gasteiger partial charge in [-0.05, 0) is 45.4 Å². The number of allylic oxidation sites excluding steroid dienone is 1. The highest BCUT2D eigenvalue weighted by Crippen LogP contribution is 2.32. The van der Waals surface area contributed by atoms with E-state index in [1.807, 2.05) is 20.8 Å². The second-order valence-corrected chi connectivity index (χ2v) is 5.75. The van der Waals surface area contributed by atoms with E-state index in [1.54, 1.807) is 25.1 Å². The van der Waals surface area contributed by atoms with Crippen LogP contribution in [-0.4, -0.2) is 28.0 Å². The summed E-state index contributed by atoms with van der Waals surface area (Å²) >= 11 is 0. The lowest BCUT2D eigenvalue weighted by Crippen LogP contribution is -2.13. The van der Waals surface area contributed by atoms with Crippen LogP contribution in [0.3, 0.4) is 0 Å². The number of benzene rings is 1. The summed E-state index contributed by atoms with van der Waals surface area (Å²) in [5.41, 5.74) is 2.19. The Kier molecular flexibility index (Phi) is 6.79. The molecule has 0 aliphatic rings. The van der Waals surface area contributed by atoms with Crippen LogP contribution in [0, 0.1) is 6.92 Å². The Morgan fingerprint density at radius 3 is 2.52 bits per heavy atom. The number of ether oxygens (including phenoxy) is 1. The maximum atomic E-state index is 11.9. The minimum Gasteiger partial charge on any atom is -0.489 e. The van der Waals surface area contributed by atoms with Crippen LogP contribution in [0.15, 0.2) is 24.3 Å². The third kappa shape index (κ3) is 4.62. The molecule has 1 aromatic heterocycles. The number of aryl methyl sites for hydroxylation is 1. The summed E-state index contributed by atoms with van der Waals surface area (Å²) in [4.78, 5) is 23.6. The molecular weight excluding hydrogens is 318 g/mol. The van der Waals surface area contributed by atoms with Crippen LogP contribution in [0.4, 0.5) is 5.69 Å². The number of hydrogen-bond acceptors (Lipinski definition) is 5. The Morgan fingerprint density at radius 2 is 1.96 bits per heavy atom. The number of fused-ring (bicyclic) bond motifs is 1. The minimum absolute atomic E-state index is 0. The van der Waals surface area contributed by atoms with Gasteiger partial charge in [0.25, 0.3) is 0 Å². The fourth-order valence-electron chi connectivity index (χ4n) is 2.37. The van der Waals surface area contributed by atoms with E-state index in [2.05, 4.69) is 15.5 Å². The first-order valence-electron chi connectivity index (χ1n) is 7.75. The Balaban J connectivity index is 0.00000312. The number of anilines is 1. The molecule has 0 unspecified atom stereocenters. The zero-order valence-corrected chi connectivity index (χ0v) is 14.5. The van der Waals surface area contributed by atoms with Gasteiger partial charge in [0.15, 0.2) is 5.78 Å². The number of aromatic nitrogens is 2. The Bertz CT molecular complexity index is 832. The molecule has 1 N–H and O–H groups in total. The zero-order chi connectivity index (χ0) is 17.9. The largest absolute Gasteiger partial charge is 0.489 e. The molecule has 0 aliphatic heterocycles. The monoisotopic (exact) mass is 345 g/mol. The molecule has 25 heavy (non-hydrogen) atoms. The molecule has 0 aliphatic carbocycles. The summed E-state index contributed by atoms with van der Waals surface area (Å²) in [6, 6.07) is 3.50. The van der Waals surface area contributed by atoms with Gasteiger partial charge >= 0.3 is 0 Å². The van der Waals surface area contributed by atoms with E-state index in [0.717, 1.165) is 10.9 Å². The predicted molar refractivity (Wildman–Crippen MR) is 102 cm³/mol. The smallest absolute Gasteiger partial charge is 0.248 e. The fourth-order valence-corrected chi connectivity index (χ4v) is 2.37. The van der Waals surface area contributed by atoms with Crippen molar-refractivity contribution in [2.45, 2.75) is 48.1 Å². The van der Waals surface area contributed by atoms with Gasteiger partial charge in [-0.2, -0.15) is 0 Å². The second kappa shape index (κ2) is 8.37. The molecule has 2 aromatic rings. The number of nitrogens with one attached hydrogen (secondary N) is 1. The van der Waals surface area contributed by atoms with Crippen molar-refractivity contribution in [2.75, 3.05) is 5.32 Å². The average Bonchev–Trinajstić information content (AvgIpc) is 2.48. The number of carbonyl (C=O) groups is 2. The van der Waals surface area contributed by atoms with Crippen molar-refractivity contribution >= 4 is 28.3 Å². The zero-order valence-electron chi connectivity index (χ0n) is 14.5. The van der Waals surface area contributed by atoms with Gasteiger partial charge in [-0.25, -0.2) is 0 Å². The van der Waals surface area contributed by atoms with E-state index in [-0.39, 0.29) is 26.6 Å². The molecule has 0 fully saturated rings. The average molecular weight is 345 g/mol. The quantitative estimate of drug-likeness (QED) is 0.644. The molecule has 0 atom stereocenters. The Hall–Kier alpha value is -2.76. The standard InChI is InChI=1S/C18H21N3O3.CH4.H2/c1-6-7-17(23)19-15-8-13-11(4)18(12(5)22)21-20-14(13)9-16(15)24-10(2)3;;/h6-10H,1-5H3,(H,19,23);1H4;1H/b7-6+;;. The maximum absolute atomic E-state index is 11.9. The normalized spacial score (nSPS) is 10.8. The van der Waals surface area contributed by atoms with Crippen LogP contribution in [-0.2, 0) is 4.79 Å². The van der Waals surface area contributed by atoms with Gasteiger partial charge in [0.05, 0.1) is 17.3 Å². The predicted octanol–water partition coefficient (Wildman–Crippen LogP) is 4.32. The number of Topliss-reactive ketones (excluding diaryl/α,β-unsaturated/α-hetero) is 1. The van der Waals surface area contributed by atoms with E-state index in [1.165, 1.54) is 13.0 Å². The van der Waals surface area contributed by atoms with Crippen LogP contribution in [0.25, 0.3) is 10.9 Å². The highest BCUT2D eigenvalue weighted by Gasteiger charge is 2.16.